The van der Waals surface area contributed by atoms with Crippen molar-refractivity contribution >= 4 is 36.0 Å². The van der Waals surface area contributed by atoms with Gasteiger partial charge in [0.15, 0.2) is 0 Å². The van der Waals surface area contributed by atoms with Crippen molar-refractivity contribution in [3.63, 3.8) is 0 Å². The molecule has 2 amide bonds. The molecule has 4 aromatic rings. The number of amides is 2. The van der Waals surface area contributed by atoms with Gasteiger partial charge in [0.2, 0.25) is 0 Å². The molecule has 6 N–H and O–H groups in total. The summed E-state index contributed by atoms with van der Waals surface area (Å²) >= 11 is 0. The van der Waals surface area contributed by atoms with Gasteiger partial charge in [-0.15, -0.1) is 0 Å². The third-order valence-electron chi connectivity index (χ3n) is 4.46. The molecular weight excluding hydrogens is 497 g/mol. The van der Waals surface area contributed by atoms with Crippen molar-refractivity contribution < 1.29 is 37.8 Å². The van der Waals surface area contributed by atoms with E-state index in [4.69, 9.17) is 25.5 Å². The van der Waals surface area contributed by atoms with Gasteiger partial charge in [-0.2, -0.15) is 13.2 Å². The fourth-order valence-electron chi connectivity index (χ4n) is 3.07. The molecule has 0 aliphatic carbocycles. The Morgan fingerprint density at radius 1 is 1.03 bits per heavy atom. The summed E-state index contributed by atoms with van der Waals surface area (Å²) in [7, 11) is 0. The summed E-state index contributed by atoms with van der Waals surface area (Å²) in [5, 5.41) is 18.0. The monoisotopic (exact) mass is 518 g/mol. The van der Waals surface area contributed by atoms with Crippen LogP contribution in [0.2, 0.25) is 0 Å². The number of halogens is 3. The van der Waals surface area contributed by atoms with E-state index < -0.39 is 18.8 Å². The standard InChI is InChI=1S/C21H17F3N6O.2CH2O2/c22-21(23,24)12-28-20(31)29-16-3-1-2-14(8-16)18-11-27-19-9-13(5-7-30(18)19)17-10-15(25)4-6-26-17;2*2-1-3/h1-11H,12H2,(H2,25,26)(H2,28,29,31);2*1H,(H,2,3). The lowest BCUT2D eigenvalue weighted by molar-refractivity contribution is -0.123. The van der Waals surface area contributed by atoms with E-state index in [1.807, 2.05) is 28.8 Å². The molecule has 0 aliphatic heterocycles. The minimum Gasteiger partial charge on any atom is -0.483 e. The van der Waals surface area contributed by atoms with Gasteiger partial charge in [-0.25, -0.2) is 9.78 Å². The number of hydrogen-bond acceptors (Lipinski definition) is 6. The van der Waals surface area contributed by atoms with Crippen molar-refractivity contribution in [2.75, 3.05) is 17.6 Å². The Morgan fingerprint density at radius 3 is 2.38 bits per heavy atom. The molecule has 3 heterocycles. The van der Waals surface area contributed by atoms with Crippen LogP contribution in [0.4, 0.5) is 29.3 Å². The molecule has 0 saturated heterocycles. The van der Waals surface area contributed by atoms with Crippen molar-refractivity contribution in [2.45, 2.75) is 6.18 Å². The number of imidazole rings is 1. The van der Waals surface area contributed by atoms with E-state index in [1.54, 1.807) is 48.0 Å². The van der Waals surface area contributed by atoms with Crippen molar-refractivity contribution in [2.24, 2.45) is 0 Å². The van der Waals surface area contributed by atoms with Crippen molar-refractivity contribution in [3.05, 3.63) is 67.1 Å². The Balaban J connectivity index is 0.000000733. The highest BCUT2D eigenvalue weighted by Gasteiger charge is 2.27. The molecule has 194 valence electrons. The first-order chi connectivity index (χ1) is 17.6. The van der Waals surface area contributed by atoms with E-state index in [-0.39, 0.29) is 12.9 Å². The molecule has 0 fully saturated rings. The van der Waals surface area contributed by atoms with E-state index in [0.29, 0.717) is 17.0 Å². The number of carbonyl (C=O) groups is 3. The number of nitrogens with zero attached hydrogens (tertiary/aromatic N) is 3. The van der Waals surface area contributed by atoms with Gasteiger partial charge in [0.25, 0.3) is 12.9 Å². The van der Waals surface area contributed by atoms with Crippen LogP contribution < -0.4 is 16.4 Å². The molecule has 0 atom stereocenters. The molecule has 0 radical (unpaired) electrons. The minimum atomic E-state index is -4.48. The van der Waals surface area contributed by atoms with E-state index >= 15 is 0 Å². The molecule has 1 aromatic carbocycles. The maximum Gasteiger partial charge on any atom is 0.405 e. The first-order valence-corrected chi connectivity index (χ1v) is 10.2. The number of fused-ring (bicyclic) bond motifs is 1. The number of urea groups is 1. The van der Waals surface area contributed by atoms with Gasteiger partial charge in [-0.1, -0.05) is 12.1 Å². The molecule has 37 heavy (non-hydrogen) atoms. The molecule has 0 aliphatic rings. The van der Waals surface area contributed by atoms with Gasteiger partial charge >= 0.3 is 12.2 Å². The predicted octanol–water partition coefficient (Wildman–Crippen LogP) is 3.73. The van der Waals surface area contributed by atoms with Crippen LogP contribution >= 0.6 is 0 Å². The van der Waals surface area contributed by atoms with Crippen LogP contribution in [0.5, 0.6) is 0 Å². The number of nitrogens with one attached hydrogen (secondary N) is 2. The van der Waals surface area contributed by atoms with E-state index in [0.717, 1.165) is 22.5 Å². The van der Waals surface area contributed by atoms with Crippen LogP contribution in [0.1, 0.15) is 0 Å². The fraction of sp³-hybridized carbons (Fsp3) is 0.0870. The van der Waals surface area contributed by atoms with Crippen LogP contribution in [0, 0.1) is 0 Å². The number of anilines is 2. The highest BCUT2D eigenvalue weighted by atomic mass is 19.4. The van der Waals surface area contributed by atoms with Crippen LogP contribution in [0.25, 0.3) is 28.2 Å². The number of nitrogens with two attached hydrogens (primary N) is 1. The topological polar surface area (TPSA) is 172 Å². The second-order valence-corrected chi connectivity index (χ2v) is 6.98. The Bertz CT molecular complexity index is 1350. The number of benzene rings is 1. The number of carboxylic acid groups (broad SMARTS) is 2. The number of rotatable bonds is 4. The number of aromatic nitrogens is 3. The van der Waals surface area contributed by atoms with Gasteiger partial charge in [0.05, 0.1) is 17.6 Å². The minimum absolute atomic E-state index is 0.250. The van der Waals surface area contributed by atoms with Crippen LogP contribution in [0.15, 0.2) is 67.1 Å². The summed E-state index contributed by atoms with van der Waals surface area (Å²) in [4.78, 5) is 37.2. The predicted molar refractivity (Wildman–Crippen MR) is 129 cm³/mol. The summed E-state index contributed by atoms with van der Waals surface area (Å²) in [6.45, 7) is -1.91. The number of nitrogen functional groups attached to an aromatic ring is 1. The summed E-state index contributed by atoms with van der Waals surface area (Å²) in [5.74, 6) is 0. The third kappa shape index (κ3) is 8.54. The Kier molecular flexibility index (Phi) is 9.94. The molecule has 3 aromatic heterocycles. The van der Waals surface area contributed by atoms with Crippen LogP contribution in [-0.4, -0.2) is 56.3 Å². The largest absolute Gasteiger partial charge is 0.483 e. The lowest BCUT2D eigenvalue weighted by Crippen LogP contribution is -2.36. The zero-order valence-electron chi connectivity index (χ0n) is 18.9. The number of pyridine rings is 2. The molecule has 4 rings (SSSR count). The second kappa shape index (κ2) is 13.1. The highest BCUT2D eigenvalue weighted by molar-refractivity contribution is 5.90. The van der Waals surface area contributed by atoms with Gasteiger partial charge in [-0.3, -0.25) is 19.0 Å². The molecule has 14 heteroatoms. The van der Waals surface area contributed by atoms with Crippen molar-refractivity contribution in [3.8, 4) is 22.5 Å². The smallest absolute Gasteiger partial charge is 0.405 e. The molecule has 0 unspecified atom stereocenters. The summed E-state index contributed by atoms with van der Waals surface area (Å²) in [6.07, 6.45) is 0.674. The van der Waals surface area contributed by atoms with Crippen molar-refractivity contribution in [1.29, 1.82) is 0 Å². The maximum absolute atomic E-state index is 12.2. The van der Waals surface area contributed by atoms with Crippen LogP contribution in [0.3, 0.4) is 0 Å². The van der Waals surface area contributed by atoms with Crippen LogP contribution in [-0.2, 0) is 9.59 Å². The first kappa shape index (κ1) is 28.1. The zero-order chi connectivity index (χ0) is 27.4. The second-order valence-electron chi connectivity index (χ2n) is 6.98. The first-order valence-electron chi connectivity index (χ1n) is 10.2. The Morgan fingerprint density at radius 2 is 1.73 bits per heavy atom. The summed E-state index contributed by atoms with van der Waals surface area (Å²) in [6, 6.07) is 13.0. The van der Waals surface area contributed by atoms with E-state index in [2.05, 4.69) is 15.3 Å². The molecule has 11 nitrogen and oxygen atoms in total. The lowest BCUT2D eigenvalue weighted by Gasteiger charge is -2.11. The molecule has 0 bridgehead atoms. The molecule has 0 spiro atoms. The average molecular weight is 518 g/mol. The summed E-state index contributed by atoms with van der Waals surface area (Å²) < 4.78 is 38.6. The normalized spacial score (nSPS) is 10.2. The van der Waals surface area contributed by atoms with Crippen molar-refractivity contribution in [1.82, 2.24) is 19.7 Å². The summed E-state index contributed by atoms with van der Waals surface area (Å²) in [5.41, 5.74) is 10.5. The lowest BCUT2D eigenvalue weighted by atomic mass is 10.1. The molecular formula is C23H21F3N6O5. The number of alkyl halides is 3. The Labute approximate surface area is 207 Å². The van der Waals surface area contributed by atoms with Gasteiger partial charge in [-0.05, 0) is 36.4 Å². The SMILES string of the molecule is Nc1ccnc(-c2ccn3c(-c4cccc(NC(=O)NCC(F)(F)F)c4)cnc3c2)c1.O=CO.O=CO. The van der Waals surface area contributed by atoms with Gasteiger partial charge in [0, 0.05) is 34.9 Å². The van der Waals surface area contributed by atoms with E-state index in [9.17, 15) is 18.0 Å². The third-order valence-corrected chi connectivity index (χ3v) is 4.46. The number of carbonyl (C=O) groups excluding carboxylic acids is 1. The Hall–Kier alpha value is -5.14. The quantitative estimate of drug-likeness (QED) is 0.254. The van der Waals surface area contributed by atoms with Gasteiger partial charge < -0.3 is 26.6 Å². The highest BCUT2D eigenvalue weighted by Crippen LogP contribution is 2.26. The maximum atomic E-state index is 12.2. The van der Waals surface area contributed by atoms with Gasteiger partial charge in [0.1, 0.15) is 12.2 Å². The fourth-order valence-corrected chi connectivity index (χ4v) is 3.07. The molecule has 0 saturated carbocycles. The zero-order valence-corrected chi connectivity index (χ0v) is 18.9. The number of hydrogen-bond donors (Lipinski definition) is 5. The van der Waals surface area contributed by atoms with E-state index in [1.165, 1.54) is 0 Å². The average Bonchev–Trinajstić information content (AvgIpc) is 3.27.